The molecular formula is C15H23N3O. The number of nitrogens with zero attached hydrogens (tertiary/aromatic N) is 2. The van der Waals surface area contributed by atoms with Crippen LogP contribution in [0.25, 0.3) is 0 Å². The third-order valence-electron chi connectivity index (χ3n) is 4.18. The summed E-state index contributed by atoms with van der Waals surface area (Å²) in [6.07, 6.45) is 1.14. The number of fused-ring (bicyclic) bond motifs is 1. The van der Waals surface area contributed by atoms with Crippen LogP contribution >= 0.6 is 0 Å². The summed E-state index contributed by atoms with van der Waals surface area (Å²) in [7, 11) is 0. The van der Waals surface area contributed by atoms with Crippen LogP contribution in [0.2, 0.25) is 0 Å². The monoisotopic (exact) mass is 261 g/mol. The van der Waals surface area contributed by atoms with Crippen LogP contribution in [-0.2, 0) is 16.7 Å². The summed E-state index contributed by atoms with van der Waals surface area (Å²) in [5, 5.41) is 3.48. The van der Waals surface area contributed by atoms with E-state index in [1.165, 1.54) is 11.3 Å². The normalized spacial score (nSPS) is 22.7. The maximum Gasteiger partial charge on any atom is 0.129 e. The molecular weight excluding hydrogens is 238 g/mol. The van der Waals surface area contributed by atoms with Gasteiger partial charge in [0.25, 0.3) is 0 Å². The van der Waals surface area contributed by atoms with Gasteiger partial charge in [-0.2, -0.15) is 0 Å². The molecule has 2 aliphatic heterocycles. The fourth-order valence-electron chi connectivity index (χ4n) is 2.92. The van der Waals surface area contributed by atoms with E-state index in [9.17, 15) is 0 Å². The second-order valence-corrected chi connectivity index (χ2v) is 6.09. The van der Waals surface area contributed by atoms with E-state index in [2.05, 4.69) is 36.2 Å². The van der Waals surface area contributed by atoms with Gasteiger partial charge in [0.1, 0.15) is 5.82 Å². The highest BCUT2D eigenvalue weighted by Gasteiger charge is 2.28. The third kappa shape index (κ3) is 2.60. The molecule has 1 aromatic rings. The van der Waals surface area contributed by atoms with Gasteiger partial charge in [-0.3, -0.25) is 0 Å². The maximum atomic E-state index is 5.42. The average molecular weight is 261 g/mol. The summed E-state index contributed by atoms with van der Waals surface area (Å²) in [4.78, 5) is 7.31. The van der Waals surface area contributed by atoms with Crippen LogP contribution in [0.1, 0.15) is 31.5 Å². The Kier molecular flexibility index (Phi) is 3.46. The highest BCUT2D eigenvalue weighted by molar-refractivity contribution is 5.44. The Hall–Kier alpha value is -1.13. The number of rotatable bonds is 1. The van der Waals surface area contributed by atoms with Crippen molar-refractivity contribution in [2.75, 3.05) is 37.7 Å². The summed E-state index contributed by atoms with van der Waals surface area (Å²) in [6, 6.07) is 4.40. The van der Waals surface area contributed by atoms with Crippen LogP contribution in [-0.4, -0.2) is 37.8 Å². The number of ether oxygens (including phenoxy) is 1. The Morgan fingerprint density at radius 1 is 1.26 bits per heavy atom. The molecule has 2 aliphatic rings. The van der Waals surface area contributed by atoms with Crippen molar-refractivity contribution in [3.8, 4) is 0 Å². The smallest absolute Gasteiger partial charge is 0.129 e. The molecule has 3 heterocycles. The molecule has 0 aliphatic carbocycles. The summed E-state index contributed by atoms with van der Waals surface area (Å²) < 4.78 is 5.42. The lowest BCUT2D eigenvalue weighted by Gasteiger charge is -2.30. The third-order valence-corrected chi connectivity index (χ3v) is 4.18. The van der Waals surface area contributed by atoms with Crippen LogP contribution in [0.15, 0.2) is 12.1 Å². The van der Waals surface area contributed by atoms with E-state index >= 15 is 0 Å². The molecule has 19 heavy (non-hydrogen) atoms. The first-order valence-corrected chi connectivity index (χ1v) is 7.21. The van der Waals surface area contributed by atoms with Crippen molar-refractivity contribution in [1.29, 1.82) is 0 Å². The van der Waals surface area contributed by atoms with Gasteiger partial charge in [-0.15, -0.1) is 0 Å². The Morgan fingerprint density at radius 2 is 2.05 bits per heavy atom. The first kappa shape index (κ1) is 12.9. The first-order chi connectivity index (χ1) is 9.17. The second kappa shape index (κ2) is 5.10. The number of aromatic nitrogens is 1. The molecule has 0 atom stereocenters. The molecule has 104 valence electrons. The Bertz CT molecular complexity index is 453. The van der Waals surface area contributed by atoms with Crippen LogP contribution in [0, 0.1) is 0 Å². The van der Waals surface area contributed by atoms with Gasteiger partial charge in [0.2, 0.25) is 0 Å². The largest absolute Gasteiger partial charge is 0.378 e. The van der Waals surface area contributed by atoms with Crippen molar-refractivity contribution in [2.45, 2.75) is 32.2 Å². The highest BCUT2D eigenvalue weighted by Crippen LogP contribution is 2.31. The highest BCUT2D eigenvalue weighted by atomic mass is 16.5. The molecule has 0 unspecified atom stereocenters. The molecule has 1 N–H and O–H groups in total. The second-order valence-electron chi connectivity index (χ2n) is 6.09. The summed E-state index contributed by atoms with van der Waals surface area (Å²) in [5.41, 5.74) is 2.77. The van der Waals surface area contributed by atoms with Gasteiger partial charge in [-0.05, 0) is 24.6 Å². The van der Waals surface area contributed by atoms with Crippen LogP contribution in [0.4, 0.5) is 5.82 Å². The maximum absolute atomic E-state index is 5.42. The number of hydrogen-bond acceptors (Lipinski definition) is 4. The van der Waals surface area contributed by atoms with Gasteiger partial charge in [0.05, 0.1) is 18.9 Å². The Balaban J connectivity index is 1.94. The molecule has 0 aromatic carbocycles. The number of nitrogens with one attached hydrogen (secondary N) is 1. The van der Waals surface area contributed by atoms with E-state index in [1.807, 2.05) is 0 Å². The van der Waals surface area contributed by atoms with Crippen LogP contribution in [0.3, 0.4) is 0 Å². The fourth-order valence-corrected chi connectivity index (χ4v) is 2.92. The van der Waals surface area contributed by atoms with E-state index in [4.69, 9.17) is 9.72 Å². The van der Waals surface area contributed by atoms with E-state index in [1.54, 1.807) is 0 Å². The zero-order chi connectivity index (χ0) is 13.3. The molecule has 1 saturated heterocycles. The predicted octanol–water partition coefficient (Wildman–Crippen LogP) is 1.69. The molecule has 1 aromatic heterocycles. The van der Waals surface area contributed by atoms with Gasteiger partial charge in [0.15, 0.2) is 0 Å². The SMILES string of the molecule is CC1(C)CCNCc2ccc(N3CCOCC3)nc21. The van der Waals surface area contributed by atoms with Gasteiger partial charge < -0.3 is 15.0 Å². The van der Waals surface area contributed by atoms with Crippen LogP contribution < -0.4 is 10.2 Å². The number of morpholine rings is 1. The van der Waals surface area contributed by atoms with Gasteiger partial charge >= 0.3 is 0 Å². The Labute approximate surface area is 115 Å². The van der Waals surface area contributed by atoms with Crippen molar-refractivity contribution in [3.63, 3.8) is 0 Å². The minimum Gasteiger partial charge on any atom is -0.378 e. The lowest BCUT2D eigenvalue weighted by atomic mass is 9.84. The van der Waals surface area contributed by atoms with Crippen LogP contribution in [0.5, 0.6) is 0 Å². The van der Waals surface area contributed by atoms with E-state index in [0.29, 0.717) is 0 Å². The molecule has 0 spiro atoms. The summed E-state index contributed by atoms with van der Waals surface area (Å²) in [6.45, 7) is 10.1. The van der Waals surface area contributed by atoms with Crippen molar-refractivity contribution in [3.05, 3.63) is 23.4 Å². The standard InChI is InChI=1S/C15H23N3O/c1-15(2)5-6-16-11-12-3-4-13(17-14(12)15)18-7-9-19-10-8-18/h3-4,16H,5-11H2,1-2H3. The fraction of sp³-hybridized carbons (Fsp3) is 0.667. The molecule has 0 bridgehead atoms. The Morgan fingerprint density at radius 3 is 2.84 bits per heavy atom. The quantitative estimate of drug-likeness (QED) is 0.835. The number of anilines is 1. The molecule has 3 rings (SSSR count). The first-order valence-electron chi connectivity index (χ1n) is 7.21. The van der Waals surface area contributed by atoms with Gasteiger partial charge in [0, 0.05) is 25.0 Å². The van der Waals surface area contributed by atoms with Crippen molar-refractivity contribution >= 4 is 5.82 Å². The number of pyridine rings is 1. The zero-order valence-electron chi connectivity index (χ0n) is 11.9. The molecule has 1 fully saturated rings. The van der Waals surface area contributed by atoms with Crippen molar-refractivity contribution < 1.29 is 4.74 Å². The van der Waals surface area contributed by atoms with E-state index in [-0.39, 0.29) is 5.41 Å². The topological polar surface area (TPSA) is 37.4 Å². The zero-order valence-corrected chi connectivity index (χ0v) is 11.9. The summed E-state index contributed by atoms with van der Waals surface area (Å²) >= 11 is 0. The van der Waals surface area contributed by atoms with Gasteiger partial charge in [-0.25, -0.2) is 4.98 Å². The molecule has 0 saturated carbocycles. The minimum atomic E-state index is 0.154. The number of hydrogen-bond donors (Lipinski definition) is 1. The van der Waals surface area contributed by atoms with E-state index < -0.39 is 0 Å². The predicted molar refractivity (Wildman–Crippen MR) is 76.6 cm³/mol. The molecule has 0 radical (unpaired) electrons. The lowest BCUT2D eigenvalue weighted by Crippen LogP contribution is -2.37. The summed E-state index contributed by atoms with van der Waals surface area (Å²) in [5.74, 6) is 1.11. The van der Waals surface area contributed by atoms with Crippen molar-refractivity contribution in [1.82, 2.24) is 10.3 Å². The molecule has 4 heteroatoms. The molecule has 4 nitrogen and oxygen atoms in total. The van der Waals surface area contributed by atoms with E-state index in [0.717, 1.165) is 51.6 Å². The van der Waals surface area contributed by atoms with Gasteiger partial charge in [-0.1, -0.05) is 19.9 Å². The minimum absolute atomic E-state index is 0.154. The lowest BCUT2D eigenvalue weighted by molar-refractivity contribution is 0.122. The van der Waals surface area contributed by atoms with Crippen molar-refractivity contribution in [2.24, 2.45) is 0 Å². The molecule has 0 amide bonds. The average Bonchev–Trinajstić information content (AvgIpc) is 2.58.